The highest BCUT2D eigenvalue weighted by atomic mass is 79.9. The molecule has 0 aliphatic carbocycles. The molecule has 5 nitrogen and oxygen atoms in total. The number of para-hydroxylation sites is 2. The maximum Gasteiger partial charge on any atom is 0.248 e. The monoisotopic (exact) mass is 433 g/mol. The fourth-order valence-electron chi connectivity index (χ4n) is 3.01. The van der Waals surface area contributed by atoms with Crippen LogP contribution in [0.1, 0.15) is 17.7 Å². The minimum atomic E-state index is -0.225. The van der Waals surface area contributed by atoms with Crippen LogP contribution in [-0.4, -0.2) is 24.9 Å². The molecule has 0 radical (unpaired) electrons. The van der Waals surface area contributed by atoms with Crippen LogP contribution in [0.25, 0.3) is 6.08 Å². The van der Waals surface area contributed by atoms with Crippen molar-refractivity contribution in [1.29, 1.82) is 0 Å². The molecule has 1 saturated heterocycles. The number of carbonyl (C=O) groups excluding carboxylic acids is 2. The zero-order valence-electron chi connectivity index (χ0n) is 14.2. The molecule has 136 valence electrons. The van der Waals surface area contributed by atoms with E-state index in [0.717, 1.165) is 46.0 Å². The average molecular weight is 434 g/mol. The number of hydrogen-bond donors (Lipinski definition) is 2. The fraction of sp³-hybridized carbons (Fsp3) is 0.263. The van der Waals surface area contributed by atoms with Crippen LogP contribution in [0.3, 0.4) is 0 Å². The van der Waals surface area contributed by atoms with Crippen molar-refractivity contribution in [2.75, 3.05) is 23.3 Å². The number of piperidine rings is 1. The van der Waals surface area contributed by atoms with Gasteiger partial charge in [-0.05, 0) is 59.1 Å². The Labute approximate surface area is 165 Å². The first-order valence-corrected chi connectivity index (χ1v) is 10.0. The van der Waals surface area contributed by atoms with E-state index in [1.165, 1.54) is 6.08 Å². The second-order valence-electron chi connectivity index (χ2n) is 6.15. The molecular formula is C19H20BrN3O2S. The topological polar surface area (TPSA) is 75.4 Å². The van der Waals surface area contributed by atoms with Gasteiger partial charge in [-0.25, -0.2) is 0 Å². The number of nitrogens with zero attached hydrogens (tertiary/aromatic N) is 1. The van der Waals surface area contributed by atoms with E-state index < -0.39 is 0 Å². The highest BCUT2D eigenvalue weighted by Crippen LogP contribution is 2.30. The lowest BCUT2D eigenvalue weighted by Gasteiger charge is -2.33. The molecule has 0 atom stereocenters. The van der Waals surface area contributed by atoms with E-state index in [-0.39, 0.29) is 17.7 Å². The fourth-order valence-corrected chi connectivity index (χ4v) is 4.34. The van der Waals surface area contributed by atoms with Crippen LogP contribution in [0.15, 0.2) is 46.3 Å². The Kier molecular flexibility index (Phi) is 6.11. The van der Waals surface area contributed by atoms with Crippen molar-refractivity contribution in [3.8, 4) is 0 Å². The summed E-state index contributed by atoms with van der Waals surface area (Å²) in [4.78, 5) is 26.8. The van der Waals surface area contributed by atoms with Gasteiger partial charge in [0, 0.05) is 30.0 Å². The molecule has 3 rings (SSSR count). The Balaban J connectivity index is 1.66. The minimum Gasteiger partial charge on any atom is -0.370 e. The second kappa shape index (κ2) is 8.51. The van der Waals surface area contributed by atoms with Crippen molar-refractivity contribution in [3.05, 3.63) is 51.1 Å². The Hall–Kier alpha value is -2.12. The summed E-state index contributed by atoms with van der Waals surface area (Å²) in [6, 6.07) is 11.6. The average Bonchev–Trinajstić information content (AvgIpc) is 3.06. The van der Waals surface area contributed by atoms with Crippen molar-refractivity contribution >= 4 is 56.5 Å². The van der Waals surface area contributed by atoms with Crippen LogP contribution in [0, 0.1) is 5.92 Å². The number of primary amides is 1. The molecule has 0 unspecified atom stereocenters. The van der Waals surface area contributed by atoms with Gasteiger partial charge in [0.25, 0.3) is 0 Å². The minimum absolute atomic E-state index is 0.0546. The molecular weight excluding hydrogens is 414 g/mol. The van der Waals surface area contributed by atoms with Gasteiger partial charge < -0.3 is 16.0 Å². The van der Waals surface area contributed by atoms with Crippen LogP contribution < -0.4 is 16.0 Å². The molecule has 2 heterocycles. The number of hydrogen-bond acceptors (Lipinski definition) is 4. The first kappa shape index (κ1) is 18.7. The number of amides is 2. The number of nitrogens with one attached hydrogen (secondary N) is 1. The first-order chi connectivity index (χ1) is 12.5. The number of rotatable bonds is 5. The number of thiophene rings is 1. The molecule has 3 N–H and O–H groups in total. The maximum atomic E-state index is 12.3. The molecule has 2 amide bonds. The third kappa shape index (κ3) is 4.74. The molecule has 1 aromatic heterocycles. The maximum absolute atomic E-state index is 12.3. The van der Waals surface area contributed by atoms with E-state index >= 15 is 0 Å². The van der Waals surface area contributed by atoms with E-state index in [1.54, 1.807) is 17.4 Å². The first-order valence-electron chi connectivity index (χ1n) is 8.40. The van der Waals surface area contributed by atoms with Gasteiger partial charge in [-0.3, -0.25) is 9.59 Å². The second-order valence-corrected chi connectivity index (χ2v) is 8.64. The highest BCUT2D eigenvalue weighted by molar-refractivity contribution is 9.11. The van der Waals surface area contributed by atoms with Gasteiger partial charge in [-0.2, -0.15) is 0 Å². The number of benzene rings is 1. The van der Waals surface area contributed by atoms with Gasteiger partial charge in [0.2, 0.25) is 11.8 Å². The van der Waals surface area contributed by atoms with Crippen molar-refractivity contribution < 1.29 is 9.59 Å². The summed E-state index contributed by atoms with van der Waals surface area (Å²) in [6.07, 6.45) is 4.82. The van der Waals surface area contributed by atoms with E-state index in [2.05, 4.69) is 26.1 Å². The Morgan fingerprint density at radius 2 is 1.92 bits per heavy atom. The molecule has 1 aliphatic heterocycles. The van der Waals surface area contributed by atoms with E-state index in [9.17, 15) is 9.59 Å². The summed E-state index contributed by atoms with van der Waals surface area (Å²) in [5.41, 5.74) is 7.14. The van der Waals surface area contributed by atoms with Gasteiger partial charge >= 0.3 is 0 Å². The lowest BCUT2D eigenvalue weighted by atomic mass is 9.96. The quantitative estimate of drug-likeness (QED) is 0.702. The largest absolute Gasteiger partial charge is 0.370 e. The van der Waals surface area contributed by atoms with Crippen LogP contribution in [0.2, 0.25) is 0 Å². The Morgan fingerprint density at radius 1 is 1.19 bits per heavy atom. The van der Waals surface area contributed by atoms with Gasteiger partial charge in [0.05, 0.1) is 15.2 Å². The van der Waals surface area contributed by atoms with E-state index in [0.29, 0.717) is 0 Å². The SMILES string of the molecule is NC(=O)C1CCN(c2ccccc2NC(=O)/C=C/c2ccc(Br)s2)CC1. The third-order valence-corrected chi connectivity index (χ3v) is 5.98. The van der Waals surface area contributed by atoms with Gasteiger partial charge in [-0.1, -0.05) is 12.1 Å². The predicted molar refractivity (Wildman–Crippen MR) is 110 cm³/mol. The van der Waals surface area contributed by atoms with Crippen LogP contribution in [-0.2, 0) is 9.59 Å². The molecule has 0 bridgehead atoms. The van der Waals surface area contributed by atoms with Gasteiger partial charge in [0.15, 0.2) is 0 Å². The van der Waals surface area contributed by atoms with Crippen LogP contribution in [0.5, 0.6) is 0 Å². The zero-order valence-corrected chi connectivity index (χ0v) is 16.6. The molecule has 2 aromatic rings. The van der Waals surface area contributed by atoms with Crippen LogP contribution >= 0.6 is 27.3 Å². The molecule has 7 heteroatoms. The Morgan fingerprint density at radius 3 is 2.58 bits per heavy atom. The molecule has 0 spiro atoms. The molecule has 1 aliphatic rings. The normalized spacial score (nSPS) is 15.3. The molecule has 26 heavy (non-hydrogen) atoms. The van der Waals surface area contributed by atoms with Crippen molar-refractivity contribution in [2.24, 2.45) is 11.7 Å². The van der Waals surface area contributed by atoms with Gasteiger partial charge in [0.1, 0.15) is 0 Å². The lowest BCUT2D eigenvalue weighted by molar-refractivity contribution is -0.122. The summed E-state index contributed by atoms with van der Waals surface area (Å²) in [7, 11) is 0. The number of halogens is 1. The summed E-state index contributed by atoms with van der Waals surface area (Å²) in [6.45, 7) is 1.50. The lowest BCUT2D eigenvalue weighted by Crippen LogP contribution is -2.38. The van der Waals surface area contributed by atoms with Crippen LogP contribution in [0.4, 0.5) is 11.4 Å². The highest BCUT2D eigenvalue weighted by Gasteiger charge is 2.24. The third-order valence-electron chi connectivity index (χ3n) is 4.39. The van der Waals surface area contributed by atoms with Crippen molar-refractivity contribution in [2.45, 2.75) is 12.8 Å². The predicted octanol–water partition coefficient (Wildman–Crippen LogP) is 3.86. The number of nitrogens with two attached hydrogens (primary N) is 1. The van der Waals surface area contributed by atoms with E-state index in [1.807, 2.05) is 36.4 Å². The molecule has 1 fully saturated rings. The number of carbonyl (C=O) groups is 2. The summed E-state index contributed by atoms with van der Waals surface area (Å²) in [5, 5.41) is 2.95. The Bertz CT molecular complexity index is 826. The standard InChI is InChI=1S/C19H20BrN3O2S/c20-17-7-5-14(26-17)6-8-18(24)22-15-3-1-2-4-16(15)23-11-9-13(10-12-23)19(21)25/h1-8,13H,9-12H2,(H2,21,25)(H,22,24)/b8-6+. The van der Waals surface area contributed by atoms with Crippen molar-refractivity contribution in [3.63, 3.8) is 0 Å². The number of anilines is 2. The van der Waals surface area contributed by atoms with E-state index in [4.69, 9.17) is 5.73 Å². The molecule has 0 saturated carbocycles. The molecule has 1 aromatic carbocycles. The summed E-state index contributed by atoms with van der Waals surface area (Å²) < 4.78 is 1.03. The zero-order chi connectivity index (χ0) is 18.5. The summed E-state index contributed by atoms with van der Waals surface area (Å²) in [5.74, 6) is -0.452. The summed E-state index contributed by atoms with van der Waals surface area (Å²) >= 11 is 4.98. The smallest absolute Gasteiger partial charge is 0.248 e. The van der Waals surface area contributed by atoms with Gasteiger partial charge in [-0.15, -0.1) is 11.3 Å². The van der Waals surface area contributed by atoms with Crippen molar-refractivity contribution in [1.82, 2.24) is 0 Å².